The van der Waals surface area contributed by atoms with Crippen molar-refractivity contribution in [3.05, 3.63) is 53.7 Å². The molecule has 2 aromatic carbocycles. The Labute approximate surface area is 191 Å². The molecule has 0 spiro atoms. The maximum absolute atomic E-state index is 12.4. The van der Waals surface area contributed by atoms with E-state index >= 15 is 0 Å². The molecule has 1 aromatic heterocycles. The number of benzene rings is 2. The number of aromatic hydroxyl groups is 1. The minimum absolute atomic E-state index is 0.168. The van der Waals surface area contributed by atoms with Gasteiger partial charge in [-0.05, 0) is 61.7 Å². The van der Waals surface area contributed by atoms with Gasteiger partial charge >= 0.3 is 6.36 Å². The van der Waals surface area contributed by atoms with Crippen LogP contribution in [-0.2, 0) is 6.54 Å². The van der Waals surface area contributed by atoms with Crippen molar-refractivity contribution in [1.82, 2.24) is 9.47 Å². The summed E-state index contributed by atoms with van der Waals surface area (Å²) in [5, 5.41) is 12.6. The summed E-state index contributed by atoms with van der Waals surface area (Å²) in [6.45, 7) is 6.68. The molecule has 2 aliphatic rings. The number of aryl methyl sites for hydroxylation is 1. The number of anilines is 1. The van der Waals surface area contributed by atoms with Gasteiger partial charge in [0.15, 0.2) is 5.88 Å². The van der Waals surface area contributed by atoms with Crippen molar-refractivity contribution in [3.63, 3.8) is 0 Å². The quantitative estimate of drug-likeness (QED) is 0.577. The van der Waals surface area contributed by atoms with E-state index in [2.05, 4.69) is 26.7 Å². The summed E-state index contributed by atoms with van der Waals surface area (Å²) in [4.78, 5) is 5.06. The van der Waals surface area contributed by atoms with Gasteiger partial charge in [-0.15, -0.1) is 13.2 Å². The molecule has 1 unspecified atom stereocenters. The number of nitrogens with zero attached hydrogens (tertiary/aromatic N) is 3. The standard InChI is InChI=1S/C25H28F3N3O2/c1-17-12-21(30-11-10-29-9-3-2-4-20(29)16-30)13-19-15-31(24(32)23(17)19)14-18-5-7-22(8-6-18)33-25(26,27)28/h5-8,12-13,15,20,32H,2-4,9-11,14,16H2,1H3. The Morgan fingerprint density at radius 3 is 2.61 bits per heavy atom. The zero-order valence-electron chi connectivity index (χ0n) is 18.6. The van der Waals surface area contributed by atoms with Crippen molar-refractivity contribution >= 4 is 16.5 Å². The van der Waals surface area contributed by atoms with Gasteiger partial charge in [-0.1, -0.05) is 18.6 Å². The zero-order valence-corrected chi connectivity index (χ0v) is 18.6. The van der Waals surface area contributed by atoms with Gasteiger partial charge in [-0.3, -0.25) is 4.90 Å². The van der Waals surface area contributed by atoms with E-state index in [9.17, 15) is 18.3 Å². The van der Waals surface area contributed by atoms with E-state index < -0.39 is 6.36 Å². The number of fused-ring (bicyclic) bond motifs is 2. The number of aromatic nitrogens is 1. The second-order valence-electron chi connectivity index (χ2n) is 9.13. The molecule has 8 heteroatoms. The van der Waals surface area contributed by atoms with Crippen LogP contribution >= 0.6 is 0 Å². The van der Waals surface area contributed by atoms with Crippen molar-refractivity contribution in [2.24, 2.45) is 0 Å². The van der Waals surface area contributed by atoms with Gasteiger partial charge in [0, 0.05) is 48.3 Å². The lowest BCUT2D eigenvalue weighted by Gasteiger charge is -2.45. The van der Waals surface area contributed by atoms with Crippen molar-refractivity contribution in [3.8, 4) is 11.6 Å². The number of halogens is 3. The van der Waals surface area contributed by atoms with Crippen molar-refractivity contribution in [1.29, 1.82) is 0 Å². The molecule has 3 aromatic rings. The number of ether oxygens (including phenoxy) is 1. The summed E-state index contributed by atoms with van der Waals surface area (Å²) in [7, 11) is 0. The monoisotopic (exact) mass is 459 g/mol. The van der Waals surface area contributed by atoms with Crippen LogP contribution in [0.4, 0.5) is 18.9 Å². The fourth-order valence-electron chi connectivity index (χ4n) is 5.26. The molecule has 3 heterocycles. The first kappa shape index (κ1) is 21.9. The summed E-state index contributed by atoms with van der Waals surface area (Å²) < 4.78 is 42.8. The minimum Gasteiger partial charge on any atom is -0.494 e. The van der Waals surface area contributed by atoms with Crippen LogP contribution in [0.3, 0.4) is 0 Å². The molecule has 1 N–H and O–H groups in total. The summed E-state index contributed by atoms with van der Waals surface area (Å²) in [6, 6.07) is 10.6. The second-order valence-corrected chi connectivity index (χ2v) is 9.13. The smallest absolute Gasteiger partial charge is 0.494 e. The average molecular weight is 460 g/mol. The Morgan fingerprint density at radius 1 is 1.06 bits per heavy atom. The van der Waals surface area contributed by atoms with Crippen LogP contribution in [0.2, 0.25) is 0 Å². The van der Waals surface area contributed by atoms with E-state index in [1.165, 1.54) is 43.6 Å². The predicted octanol–water partition coefficient (Wildman–Crippen LogP) is 5.28. The first-order valence-corrected chi connectivity index (χ1v) is 11.4. The lowest BCUT2D eigenvalue weighted by Crippen LogP contribution is -2.54. The Morgan fingerprint density at radius 2 is 1.85 bits per heavy atom. The van der Waals surface area contributed by atoms with Gasteiger partial charge < -0.3 is 19.3 Å². The van der Waals surface area contributed by atoms with Crippen LogP contribution in [0.25, 0.3) is 10.8 Å². The van der Waals surface area contributed by atoms with Gasteiger partial charge in [0.2, 0.25) is 0 Å². The van der Waals surface area contributed by atoms with Crippen LogP contribution < -0.4 is 9.64 Å². The van der Waals surface area contributed by atoms with E-state index in [0.29, 0.717) is 12.6 Å². The second kappa shape index (κ2) is 8.48. The third-order valence-corrected chi connectivity index (χ3v) is 6.85. The lowest BCUT2D eigenvalue weighted by molar-refractivity contribution is -0.274. The third-order valence-electron chi connectivity index (χ3n) is 6.85. The predicted molar refractivity (Wildman–Crippen MR) is 122 cm³/mol. The van der Waals surface area contributed by atoms with Crippen LogP contribution in [0.15, 0.2) is 42.6 Å². The molecule has 0 radical (unpaired) electrons. The number of piperidine rings is 1. The Bertz CT molecular complexity index is 1140. The SMILES string of the molecule is Cc1cc(N2CCN3CCCCC3C2)cc2cn(Cc3ccc(OC(F)(F)F)cc3)c(O)c12. The molecule has 2 fully saturated rings. The minimum atomic E-state index is -4.71. The molecule has 0 saturated carbocycles. The zero-order chi connectivity index (χ0) is 23.2. The van der Waals surface area contributed by atoms with Gasteiger partial charge in [0.25, 0.3) is 0 Å². The van der Waals surface area contributed by atoms with E-state index in [1.807, 2.05) is 13.1 Å². The summed E-state index contributed by atoms with van der Waals surface area (Å²) >= 11 is 0. The Kier molecular flexibility index (Phi) is 5.64. The number of rotatable bonds is 4. The molecule has 5 rings (SSSR count). The fourth-order valence-corrected chi connectivity index (χ4v) is 5.26. The normalized spacial score (nSPS) is 19.6. The number of hydrogen-bond acceptors (Lipinski definition) is 4. The molecule has 1 atom stereocenters. The highest BCUT2D eigenvalue weighted by Crippen LogP contribution is 2.35. The van der Waals surface area contributed by atoms with Crippen LogP contribution in [0.1, 0.15) is 30.4 Å². The largest absolute Gasteiger partial charge is 0.573 e. The Hall–Kier alpha value is -2.87. The number of alkyl halides is 3. The third kappa shape index (κ3) is 4.62. The van der Waals surface area contributed by atoms with Crippen molar-refractivity contribution < 1.29 is 23.0 Å². The van der Waals surface area contributed by atoms with E-state index in [1.54, 1.807) is 16.7 Å². The highest BCUT2D eigenvalue weighted by atomic mass is 19.4. The molecule has 176 valence electrons. The molecule has 0 aliphatic carbocycles. The Balaban J connectivity index is 1.37. The summed E-state index contributed by atoms with van der Waals surface area (Å²) in [5.74, 6) is -0.0894. The van der Waals surface area contributed by atoms with Crippen molar-refractivity contribution in [2.75, 3.05) is 31.1 Å². The van der Waals surface area contributed by atoms with Gasteiger partial charge in [0.1, 0.15) is 5.75 Å². The highest BCUT2D eigenvalue weighted by Gasteiger charge is 2.31. The molecule has 2 saturated heterocycles. The van der Waals surface area contributed by atoms with E-state index in [0.717, 1.165) is 41.5 Å². The summed E-state index contributed by atoms with van der Waals surface area (Å²) in [6.07, 6.45) is 1.05. The van der Waals surface area contributed by atoms with Gasteiger partial charge in [-0.25, -0.2) is 0 Å². The number of piperazine rings is 1. The van der Waals surface area contributed by atoms with E-state index in [-0.39, 0.29) is 11.6 Å². The first-order valence-electron chi connectivity index (χ1n) is 11.4. The number of hydrogen-bond donors (Lipinski definition) is 1. The molecule has 33 heavy (non-hydrogen) atoms. The van der Waals surface area contributed by atoms with Gasteiger partial charge in [-0.2, -0.15) is 0 Å². The van der Waals surface area contributed by atoms with Gasteiger partial charge in [0.05, 0.1) is 6.54 Å². The first-order chi connectivity index (χ1) is 15.8. The molecular weight excluding hydrogens is 431 g/mol. The maximum atomic E-state index is 12.4. The fraction of sp³-hybridized carbons (Fsp3) is 0.440. The molecule has 0 bridgehead atoms. The van der Waals surface area contributed by atoms with Crippen LogP contribution in [0, 0.1) is 6.92 Å². The molecule has 2 aliphatic heterocycles. The maximum Gasteiger partial charge on any atom is 0.573 e. The molecular formula is C25H28F3N3O2. The van der Waals surface area contributed by atoms with Crippen LogP contribution in [0.5, 0.6) is 11.6 Å². The van der Waals surface area contributed by atoms with Crippen molar-refractivity contribution in [2.45, 2.75) is 45.1 Å². The highest BCUT2D eigenvalue weighted by molar-refractivity contribution is 5.93. The van der Waals surface area contributed by atoms with E-state index in [4.69, 9.17) is 0 Å². The van der Waals surface area contributed by atoms with Crippen LogP contribution in [-0.4, -0.2) is 53.2 Å². The topological polar surface area (TPSA) is 40.9 Å². The summed E-state index contributed by atoms with van der Waals surface area (Å²) in [5.41, 5.74) is 2.96. The molecule has 5 nitrogen and oxygen atoms in total. The average Bonchev–Trinajstić information content (AvgIpc) is 3.09. The lowest BCUT2D eigenvalue weighted by atomic mass is 9.98. The molecule has 0 amide bonds.